The van der Waals surface area contributed by atoms with Gasteiger partial charge in [0.2, 0.25) is 0 Å². The van der Waals surface area contributed by atoms with Gasteiger partial charge in [-0.15, -0.1) is 0 Å². The largest absolute Gasteiger partial charge is 0.479 e. The number of hydrogen-bond acceptors (Lipinski definition) is 11. The number of rotatable bonds is 57. The van der Waals surface area contributed by atoms with Gasteiger partial charge in [-0.2, -0.15) is 0 Å². The summed E-state index contributed by atoms with van der Waals surface area (Å²) >= 11 is 0. The Balaban J connectivity index is 2.72. The van der Waals surface area contributed by atoms with Crippen LogP contribution >= 0.6 is 0 Å². The average molecular weight is 1210 g/mol. The van der Waals surface area contributed by atoms with Crippen LogP contribution in [0.15, 0.2) is 134 Å². The van der Waals surface area contributed by atoms with Crippen molar-refractivity contribution in [3.63, 3.8) is 0 Å². The molecule has 0 aromatic carbocycles. The first-order chi connectivity index (χ1) is 42.6. The highest BCUT2D eigenvalue weighted by atomic mass is 16.7. The van der Waals surface area contributed by atoms with Crippen molar-refractivity contribution < 1.29 is 58.2 Å². The zero-order valence-electron chi connectivity index (χ0n) is 54.5. The van der Waals surface area contributed by atoms with Gasteiger partial charge in [0.1, 0.15) is 18.8 Å². The van der Waals surface area contributed by atoms with E-state index >= 15 is 0 Å². The molecule has 87 heavy (non-hydrogen) atoms. The number of esters is 3. The number of allylic oxidation sites excluding steroid dienone is 22. The fraction of sp³-hybridized carbons (Fsp3) is 0.653. The van der Waals surface area contributed by atoms with Gasteiger partial charge in [-0.05, 0) is 103 Å². The van der Waals surface area contributed by atoms with Crippen molar-refractivity contribution >= 4 is 23.9 Å². The number of ether oxygens (including phenoxy) is 5. The zero-order valence-corrected chi connectivity index (χ0v) is 54.5. The van der Waals surface area contributed by atoms with Gasteiger partial charge < -0.3 is 39.0 Å². The maximum absolute atomic E-state index is 13.2. The van der Waals surface area contributed by atoms with E-state index in [9.17, 15) is 34.5 Å². The van der Waals surface area contributed by atoms with Gasteiger partial charge in [-0.25, -0.2) is 4.79 Å². The number of aliphatic carboxylic acids is 1. The lowest BCUT2D eigenvalue weighted by atomic mass is 9.98. The van der Waals surface area contributed by atoms with E-state index < -0.39 is 67.3 Å². The Morgan fingerprint density at radius 1 is 0.391 bits per heavy atom. The Hall–Kier alpha value is -5.14. The van der Waals surface area contributed by atoms with Crippen LogP contribution < -0.4 is 0 Å². The monoisotopic (exact) mass is 1210 g/mol. The molecular weight excluding hydrogens is 1090 g/mol. The maximum atomic E-state index is 13.2. The fourth-order valence-electron chi connectivity index (χ4n) is 9.60. The highest BCUT2D eigenvalue weighted by molar-refractivity contribution is 5.74. The van der Waals surface area contributed by atoms with Crippen LogP contribution in [0.3, 0.4) is 0 Å². The standard InChI is InChI=1S/C75H120O12/c1-4-7-10-13-16-19-22-25-28-31-34-37-40-43-46-49-52-55-58-61-67(76)83-64-66(85-68(77)62-59-56-53-50-47-44-41-38-35-32-29-26-23-20-17-14-11-8-5-2)65-84-75-73(71(80)70(79)72(87-75)74(81)82)86-69(78)63-60-57-54-51-48-45-42-39-36-33-30-27-24-21-18-15-12-9-6-3/h7-8,10-11,16-17,19-20,25-26,28-29,34-35,37-38,43-44,46-47,52,55,66,70-73,75,79-80H,4-6,9,12-15,18,21-24,27,30-33,36,39-42,45,48-51,53-54,56-65H2,1-3H3,(H,81,82)/b10-7-,11-8-,19-16-,20-17-,28-25-,29-26-,37-34-,38-35-,46-43-,47-44-,55-52-. The highest BCUT2D eigenvalue weighted by Crippen LogP contribution is 2.27. The van der Waals surface area contributed by atoms with E-state index in [1.54, 1.807) is 0 Å². The lowest BCUT2D eigenvalue weighted by Crippen LogP contribution is -2.61. The predicted octanol–water partition coefficient (Wildman–Crippen LogP) is 18.9. The van der Waals surface area contributed by atoms with E-state index in [4.69, 9.17) is 23.7 Å². The predicted molar refractivity (Wildman–Crippen MR) is 358 cm³/mol. The Morgan fingerprint density at radius 2 is 0.747 bits per heavy atom. The molecule has 0 aliphatic carbocycles. The first kappa shape index (κ1) is 79.9. The average Bonchev–Trinajstić information content (AvgIpc) is 2.56. The van der Waals surface area contributed by atoms with E-state index in [1.165, 1.54) is 89.9 Å². The van der Waals surface area contributed by atoms with Crippen LogP contribution in [-0.4, -0.2) is 89.2 Å². The number of carboxylic acids is 1. The Kier molecular flexibility index (Phi) is 56.1. The van der Waals surface area contributed by atoms with Crippen molar-refractivity contribution in [1.29, 1.82) is 0 Å². The molecule has 1 aliphatic rings. The molecule has 6 unspecified atom stereocenters. The molecule has 0 spiro atoms. The molecule has 12 nitrogen and oxygen atoms in total. The summed E-state index contributed by atoms with van der Waals surface area (Å²) in [5, 5.41) is 31.7. The molecule has 0 aromatic heterocycles. The normalized spacial score (nSPS) is 18.2. The van der Waals surface area contributed by atoms with Crippen LogP contribution in [0, 0.1) is 0 Å². The second kappa shape index (κ2) is 61.1. The first-order valence-electron chi connectivity index (χ1n) is 34.2. The number of hydrogen-bond donors (Lipinski definition) is 3. The van der Waals surface area contributed by atoms with Crippen LogP contribution in [0.2, 0.25) is 0 Å². The van der Waals surface area contributed by atoms with E-state index in [0.717, 1.165) is 116 Å². The van der Waals surface area contributed by atoms with Crippen molar-refractivity contribution in [3.8, 4) is 0 Å². The lowest BCUT2D eigenvalue weighted by molar-refractivity contribution is -0.301. The van der Waals surface area contributed by atoms with Gasteiger partial charge in [0.25, 0.3) is 0 Å². The minimum atomic E-state index is -1.92. The smallest absolute Gasteiger partial charge is 0.335 e. The second-order valence-corrected chi connectivity index (χ2v) is 22.7. The summed E-state index contributed by atoms with van der Waals surface area (Å²) < 4.78 is 28.5. The van der Waals surface area contributed by atoms with Crippen LogP contribution in [0.1, 0.15) is 265 Å². The van der Waals surface area contributed by atoms with Gasteiger partial charge in [-0.1, -0.05) is 276 Å². The minimum Gasteiger partial charge on any atom is -0.479 e. The summed E-state index contributed by atoms with van der Waals surface area (Å²) in [6.45, 7) is 5.70. The van der Waals surface area contributed by atoms with Crippen LogP contribution in [0.5, 0.6) is 0 Å². The van der Waals surface area contributed by atoms with E-state index in [-0.39, 0.29) is 25.9 Å². The molecule has 0 aromatic rings. The summed E-state index contributed by atoms with van der Waals surface area (Å²) in [7, 11) is 0. The molecule has 0 amide bonds. The molecule has 6 atom stereocenters. The van der Waals surface area contributed by atoms with E-state index in [2.05, 4.69) is 142 Å². The molecule has 1 heterocycles. The first-order valence-corrected chi connectivity index (χ1v) is 34.2. The van der Waals surface area contributed by atoms with Gasteiger partial charge in [0.05, 0.1) is 6.61 Å². The van der Waals surface area contributed by atoms with E-state index in [1.807, 2.05) is 12.2 Å². The quantitative estimate of drug-likeness (QED) is 0.0228. The second-order valence-electron chi connectivity index (χ2n) is 22.7. The van der Waals surface area contributed by atoms with Gasteiger partial charge in [0.15, 0.2) is 24.6 Å². The molecule has 3 N–H and O–H groups in total. The van der Waals surface area contributed by atoms with Crippen molar-refractivity contribution in [2.75, 3.05) is 13.2 Å². The molecule has 0 saturated carbocycles. The van der Waals surface area contributed by atoms with Crippen molar-refractivity contribution in [3.05, 3.63) is 134 Å². The summed E-state index contributed by atoms with van der Waals surface area (Å²) in [5.74, 6) is -3.28. The fourth-order valence-corrected chi connectivity index (χ4v) is 9.60. The molecule has 1 aliphatic heterocycles. The molecule has 1 saturated heterocycles. The molecule has 492 valence electrons. The van der Waals surface area contributed by atoms with Crippen LogP contribution in [0.25, 0.3) is 0 Å². The molecule has 1 rings (SSSR count). The van der Waals surface area contributed by atoms with Crippen molar-refractivity contribution in [2.45, 2.75) is 302 Å². The molecule has 12 heteroatoms. The lowest BCUT2D eigenvalue weighted by Gasteiger charge is -2.40. The number of carbonyl (C=O) groups excluding carboxylic acids is 3. The SMILES string of the molecule is CC/C=C\C/C=C\C/C=C\C/C=C\C/C=C\C/C=C\CCC(=O)OCC(COC1OC(C(=O)O)C(O)C(O)C1OC(=O)CCCCCCCCCCCCCCCCCCCCC)OC(=O)CCCCC/C=C\C/C=C\C/C=C\C/C=C\C/C=C\CC. The zero-order chi connectivity index (χ0) is 63.1. The van der Waals surface area contributed by atoms with Crippen LogP contribution in [-0.2, 0) is 42.9 Å². The summed E-state index contributed by atoms with van der Waals surface area (Å²) in [5.41, 5.74) is 0. The number of carbonyl (C=O) groups is 4. The van der Waals surface area contributed by atoms with Crippen molar-refractivity contribution in [2.24, 2.45) is 0 Å². The number of unbranched alkanes of at least 4 members (excludes halogenated alkanes) is 21. The third kappa shape index (κ3) is 50.4. The molecule has 0 bridgehead atoms. The molecule has 0 radical (unpaired) electrons. The molecular formula is C75H120O12. The Bertz CT molecular complexity index is 2020. The number of aliphatic hydroxyl groups is 2. The maximum Gasteiger partial charge on any atom is 0.335 e. The minimum absolute atomic E-state index is 0.0460. The topological polar surface area (TPSA) is 175 Å². The van der Waals surface area contributed by atoms with Gasteiger partial charge in [0, 0.05) is 19.3 Å². The number of aliphatic hydroxyl groups excluding tert-OH is 2. The third-order valence-corrected chi connectivity index (χ3v) is 14.7. The van der Waals surface area contributed by atoms with Gasteiger partial charge >= 0.3 is 23.9 Å². The summed E-state index contributed by atoms with van der Waals surface area (Å²) in [6, 6.07) is 0. The Morgan fingerprint density at radius 3 is 1.15 bits per heavy atom. The molecule has 1 fully saturated rings. The van der Waals surface area contributed by atoms with E-state index in [0.29, 0.717) is 19.3 Å². The summed E-state index contributed by atoms with van der Waals surface area (Å²) in [6.07, 6.45) is 74.2. The summed E-state index contributed by atoms with van der Waals surface area (Å²) in [4.78, 5) is 51.4. The third-order valence-electron chi connectivity index (χ3n) is 14.7. The van der Waals surface area contributed by atoms with Crippen molar-refractivity contribution in [1.82, 2.24) is 0 Å². The Labute approximate surface area is 528 Å². The van der Waals surface area contributed by atoms with Gasteiger partial charge in [-0.3, -0.25) is 14.4 Å². The number of carboxylic acid groups (broad SMARTS) is 1. The highest BCUT2D eigenvalue weighted by Gasteiger charge is 2.50. The van der Waals surface area contributed by atoms with Crippen LogP contribution in [0.4, 0.5) is 0 Å².